The SMILES string of the molecule is O=CN(c1cccc(F)c1)c1ccc2[nH]ccc2c1. The summed E-state index contributed by atoms with van der Waals surface area (Å²) in [6, 6.07) is 13.5. The van der Waals surface area contributed by atoms with E-state index < -0.39 is 0 Å². The fourth-order valence-electron chi connectivity index (χ4n) is 2.09. The molecule has 19 heavy (non-hydrogen) atoms. The molecule has 1 aromatic heterocycles. The fraction of sp³-hybridized carbons (Fsp3) is 0. The number of nitrogens with one attached hydrogen (secondary N) is 1. The standard InChI is InChI=1S/C15H11FN2O/c16-12-2-1-3-13(9-12)18(10-19)14-4-5-15-11(8-14)6-7-17-15/h1-10,17H. The predicted molar refractivity (Wildman–Crippen MR) is 72.9 cm³/mol. The van der Waals surface area contributed by atoms with Gasteiger partial charge in [0.05, 0.1) is 5.69 Å². The maximum Gasteiger partial charge on any atom is 0.218 e. The third kappa shape index (κ3) is 2.08. The number of carbonyl (C=O) groups is 1. The van der Waals surface area contributed by atoms with Gasteiger partial charge in [-0.1, -0.05) is 6.07 Å². The van der Waals surface area contributed by atoms with Crippen molar-refractivity contribution in [2.24, 2.45) is 0 Å². The summed E-state index contributed by atoms with van der Waals surface area (Å²) in [5.41, 5.74) is 2.20. The first-order chi connectivity index (χ1) is 9.28. The van der Waals surface area contributed by atoms with Crippen molar-refractivity contribution in [1.29, 1.82) is 0 Å². The molecular formula is C15H11FN2O. The maximum absolute atomic E-state index is 13.2. The van der Waals surface area contributed by atoms with Crippen LogP contribution in [0.25, 0.3) is 10.9 Å². The van der Waals surface area contributed by atoms with E-state index in [4.69, 9.17) is 0 Å². The van der Waals surface area contributed by atoms with Crippen molar-refractivity contribution in [3.63, 3.8) is 0 Å². The molecule has 0 bridgehead atoms. The molecule has 0 aliphatic rings. The van der Waals surface area contributed by atoms with Gasteiger partial charge in [0, 0.05) is 22.8 Å². The minimum absolute atomic E-state index is 0.368. The lowest BCUT2D eigenvalue weighted by Crippen LogP contribution is -2.13. The molecule has 0 saturated heterocycles. The molecule has 0 aliphatic carbocycles. The fourth-order valence-corrected chi connectivity index (χ4v) is 2.09. The Morgan fingerprint density at radius 1 is 1.05 bits per heavy atom. The van der Waals surface area contributed by atoms with E-state index in [2.05, 4.69) is 4.98 Å². The van der Waals surface area contributed by atoms with Crippen molar-refractivity contribution in [3.05, 3.63) is 60.5 Å². The molecule has 0 unspecified atom stereocenters. The van der Waals surface area contributed by atoms with Crippen LogP contribution in [0, 0.1) is 5.82 Å². The van der Waals surface area contributed by atoms with E-state index >= 15 is 0 Å². The average Bonchev–Trinajstić information content (AvgIpc) is 2.87. The summed E-state index contributed by atoms with van der Waals surface area (Å²) >= 11 is 0. The molecule has 0 radical (unpaired) electrons. The van der Waals surface area contributed by atoms with Gasteiger partial charge < -0.3 is 4.98 Å². The summed E-state index contributed by atoms with van der Waals surface area (Å²) < 4.78 is 13.2. The Morgan fingerprint density at radius 3 is 2.68 bits per heavy atom. The lowest BCUT2D eigenvalue weighted by molar-refractivity contribution is -0.106. The quantitative estimate of drug-likeness (QED) is 0.712. The van der Waals surface area contributed by atoms with Crippen LogP contribution in [0.2, 0.25) is 0 Å². The molecule has 1 heterocycles. The summed E-state index contributed by atoms with van der Waals surface area (Å²) in [6.45, 7) is 0. The second-order valence-corrected chi connectivity index (χ2v) is 4.20. The first kappa shape index (κ1) is 11.5. The van der Waals surface area contributed by atoms with Crippen molar-refractivity contribution in [3.8, 4) is 0 Å². The molecule has 1 amide bonds. The number of nitrogens with zero attached hydrogens (tertiary/aromatic N) is 1. The topological polar surface area (TPSA) is 36.1 Å². The molecule has 3 nitrogen and oxygen atoms in total. The van der Waals surface area contributed by atoms with Crippen LogP contribution in [0.1, 0.15) is 0 Å². The Morgan fingerprint density at radius 2 is 1.89 bits per heavy atom. The zero-order chi connectivity index (χ0) is 13.2. The van der Waals surface area contributed by atoms with Crippen molar-refractivity contribution in [2.75, 3.05) is 4.90 Å². The first-order valence-corrected chi connectivity index (χ1v) is 5.85. The van der Waals surface area contributed by atoms with Crippen LogP contribution in [0.3, 0.4) is 0 Å². The highest BCUT2D eigenvalue weighted by atomic mass is 19.1. The number of rotatable bonds is 3. The number of carbonyl (C=O) groups excluding carboxylic acids is 1. The van der Waals surface area contributed by atoms with Gasteiger partial charge in [0.15, 0.2) is 0 Å². The zero-order valence-electron chi connectivity index (χ0n) is 10.0. The van der Waals surface area contributed by atoms with Gasteiger partial charge in [-0.3, -0.25) is 9.69 Å². The van der Waals surface area contributed by atoms with E-state index in [0.29, 0.717) is 17.8 Å². The van der Waals surface area contributed by atoms with Crippen LogP contribution in [0.4, 0.5) is 15.8 Å². The highest BCUT2D eigenvalue weighted by Crippen LogP contribution is 2.27. The van der Waals surface area contributed by atoms with Crippen LogP contribution in [0.5, 0.6) is 0 Å². The molecule has 0 spiro atoms. The van der Waals surface area contributed by atoms with E-state index in [1.807, 2.05) is 30.5 Å². The molecule has 0 saturated carbocycles. The van der Waals surface area contributed by atoms with Gasteiger partial charge in [0.2, 0.25) is 6.41 Å². The summed E-state index contributed by atoms with van der Waals surface area (Å²) in [7, 11) is 0. The number of aromatic nitrogens is 1. The molecule has 2 aromatic carbocycles. The second kappa shape index (κ2) is 4.57. The van der Waals surface area contributed by atoms with Crippen LogP contribution < -0.4 is 4.90 Å². The normalized spacial score (nSPS) is 10.6. The Kier molecular flexibility index (Phi) is 2.76. The van der Waals surface area contributed by atoms with Gasteiger partial charge >= 0.3 is 0 Å². The number of hydrogen-bond donors (Lipinski definition) is 1. The van der Waals surface area contributed by atoms with E-state index in [0.717, 1.165) is 10.9 Å². The molecule has 0 fully saturated rings. The van der Waals surface area contributed by atoms with Gasteiger partial charge in [-0.2, -0.15) is 0 Å². The van der Waals surface area contributed by atoms with Crippen molar-refractivity contribution in [2.45, 2.75) is 0 Å². The molecule has 0 aliphatic heterocycles. The monoisotopic (exact) mass is 254 g/mol. The number of H-pyrrole nitrogens is 1. The Hall–Kier alpha value is -2.62. The number of hydrogen-bond acceptors (Lipinski definition) is 1. The molecule has 94 valence electrons. The lowest BCUT2D eigenvalue weighted by Gasteiger charge is -2.17. The number of fused-ring (bicyclic) bond motifs is 1. The summed E-state index contributed by atoms with van der Waals surface area (Å²) in [4.78, 5) is 15.8. The van der Waals surface area contributed by atoms with Crippen LogP contribution >= 0.6 is 0 Å². The van der Waals surface area contributed by atoms with Crippen LogP contribution in [0.15, 0.2) is 54.7 Å². The van der Waals surface area contributed by atoms with Crippen LogP contribution in [-0.4, -0.2) is 11.4 Å². The Bertz CT molecular complexity index is 736. The molecular weight excluding hydrogens is 243 g/mol. The van der Waals surface area contributed by atoms with Gasteiger partial charge in [0.1, 0.15) is 5.82 Å². The van der Waals surface area contributed by atoms with E-state index in [-0.39, 0.29) is 5.82 Å². The number of aromatic amines is 1. The molecule has 1 N–H and O–H groups in total. The van der Waals surface area contributed by atoms with Crippen molar-refractivity contribution >= 4 is 28.7 Å². The minimum Gasteiger partial charge on any atom is -0.361 e. The Balaban J connectivity index is 2.08. The third-order valence-corrected chi connectivity index (χ3v) is 3.01. The highest BCUT2D eigenvalue weighted by molar-refractivity contribution is 5.91. The maximum atomic E-state index is 13.2. The summed E-state index contributed by atoms with van der Waals surface area (Å²) in [6.07, 6.45) is 2.52. The summed E-state index contributed by atoms with van der Waals surface area (Å²) in [5.74, 6) is -0.368. The van der Waals surface area contributed by atoms with Crippen LogP contribution in [-0.2, 0) is 4.79 Å². The van der Waals surface area contributed by atoms with Crippen molar-refractivity contribution in [1.82, 2.24) is 4.98 Å². The van der Waals surface area contributed by atoms with E-state index in [1.54, 1.807) is 12.1 Å². The third-order valence-electron chi connectivity index (χ3n) is 3.01. The average molecular weight is 254 g/mol. The Labute approximate surface area is 109 Å². The smallest absolute Gasteiger partial charge is 0.218 e. The first-order valence-electron chi connectivity index (χ1n) is 5.85. The summed E-state index contributed by atoms with van der Waals surface area (Å²) in [5, 5.41) is 1.00. The largest absolute Gasteiger partial charge is 0.361 e. The van der Waals surface area contributed by atoms with Gasteiger partial charge in [-0.05, 0) is 42.5 Å². The van der Waals surface area contributed by atoms with Gasteiger partial charge in [0.25, 0.3) is 0 Å². The van der Waals surface area contributed by atoms with Gasteiger partial charge in [-0.15, -0.1) is 0 Å². The van der Waals surface area contributed by atoms with Crippen molar-refractivity contribution < 1.29 is 9.18 Å². The molecule has 0 atom stereocenters. The zero-order valence-corrected chi connectivity index (χ0v) is 10.0. The van der Waals surface area contributed by atoms with E-state index in [1.165, 1.54) is 17.0 Å². The number of amides is 1. The van der Waals surface area contributed by atoms with Gasteiger partial charge in [-0.25, -0.2) is 4.39 Å². The highest BCUT2D eigenvalue weighted by Gasteiger charge is 2.09. The predicted octanol–water partition coefficient (Wildman–Crippen LogP) is 3.60. The molecule has 4 heteroatoms. The van der Waals surface area contributed by atoms with E-state index in [9.17, 15) is 9.18 Å². The lowest BCUT2D eigenvalue weighted by atomic mass is 10.2. The number of benzene rings is 2. The minimum atomic E-state index is -0.368. The molecule has 3 rings (SSSR count). The number of anilines is 2. The molecule has 3 aromatic rings. The second-order valence-electron chi connectivity index (χ2n) is 4.20. The number of halogens is 1.